The molecule has 10 heteroatoms. The molecule has 166 valence electrons. The van der Waals surface area contributed by atoms with Gasteiger partial charge in [-0.25, -0.2) is 14.4 Å². The van der Waals surface area contributed by atoms with Gasteiger partial charge in [-0.05, 0) is 49.2 Å². The van der Waals surface area contributed by atoms with Crippen molar-refractivity contribution in [1.82, 2.24) is 10.6 Å². The van der Waals surface area contributed by atoms with Gasteiger partial charge in [0.05, 0.1) is 29.7 Å². The number of hydrogen-bond donors (Lipinski definition) is 3. The fourth-order valence-corrected chi connectivity index (χ4v) is 3.58. The van der Waals surface area contributed by atoms with Crippen molar-refractivity contribution in [2.45, 2.75) is 25.8 Å². The van der Waals surface area contributed by atoms with Gasteiger partial charge in [0.25, 0.3) is 0 Å². The third kappa shape index (κ3) is 4.34. The van der Waals surface area contributed by atoms with E-state index in [1.165, 1.54) is 6.26 Å². The molecule has 0 saturated carbocycles. The third-order valence-electron chi connectivity index (χ3n) is 5.06. The van der Waals surface area contributed by atoms with Crippen LogP contribution in [0.4, 0.5) is 10.5 Å². The first-order valence-corrected chi connectivity index (χ1v) is 10.1. The van der Waals surface area contributed by atoms with Gasteiger partial charge in [0.1, 0.15) is 18.4 Å². The van der Waals surface area contributed by atoms with E-state index < -0.39 is 24.0 Å². The SMILES string of the molecule is CCOC(=O)C1=C(COC(=O)c2ccc3c(c2)CCC(=O)N3)NC(=O)NC1c1ccco1. The summed E-state index contributed by atoms with van der Waals surface area (Å²) < 4.78 is 15.9. The molecular weight excluding hydrogens is 418 g/mol. The summed E-state index contributed by atoms with van der Waals surface area (Å²) in [5, 5.41) is 7.89. The van der Waals surface area contributed by atoms with Crippen molar-refractivity contribution in [3.05, 3.63) is 64.8 Å². The fourth-order valence-electron chi connectivity index (χ4n) is 3.58. The van der Waals surface area contributed by atoms with Crippen LogP contribution in [0.1, 0.15) is 41.1 Å². The number of urea groups is 1. The lowest BCUT2D eigenvalue weighted by Crippen LogP contribution is -2.47. The number of carbonyl (C=O) groups excluding carboxylic acids is 4. The van der Waals surface area contributed by atoms with E-state index in [9.17, 15) is 19.2 Å². The molecule has 3 amide bonds. The Morgan fingerprint density at radius 1 is 1.09 bits per heavy atom. The second kappa shape index (κ2) is 8.96. The lowest BCUT2D eigenvalue weighted by atomic mass is 10.00. The molecular formula is C22H21N3O7. The van der Waals surface area contributed by atoms with Crippen LogP contribution < -0.4 is 16.0 Å². The van der Waals surface area contributed by atoms with Gasteiger partial charge in [0.15, 0.2) is 0 Å². The number of esters is 2. The summed E-state index contributed by atoms with van der Waals surface area (Å²) in [6.45, 7) is 1.43. The van der Waals surface area contributed by atoms with Gasteiger partial charge in [0.2, 0.25) is 5.91 Å². The number of anilines is 1. The van der Waals surface area contributed by atoms with Crippen LogP contribution >= 0.6 is 0 Å². The van der Waals surface area contributed by atoms with E-state index >= 15 is 0 Å². The minimum Gasteiger partial charge on any atom is -0.467 e. The predicted molar refractivity (Wildman–Crippen MR) is 110 cm³/mol. The number of nitrogens with one attached hydrogen (secondary N) is 3. The highest BCUT2D eigenvalue weighted by atomic mass is 16.5. The van der Waals surface area contributed by atoms with Gasteiger partial charge in [0, 0.05) is 12.1 Å². The molecule has 0 saturated heterocycles. The molecule has 1 aromatic carbocycles. The van der Waals surface area contributed by atoms with Crippen LogP contribution in [0.2, 0.25) is 0 Å². The molecule has 1 unspecified atom stereocenters. The van der Waals surface area contributed by atoms with Gasteiger partial charge in [-0.15, -0.1) is 0 Å². The highest BCUT2D eigenvalue weighted by molar-refractivity contribution is 5.97. The molecule has 1 aromatic heterocycles. The Kier molecular flexibility index (Phi) is 5.93. The minimum absolute atomic E-state index is 0.0704. The van der Waals surface area contributed by atoms with E-state index in [1.807, 2.05) is 0 Å². The maximum Gasteiger partial charge on any atom is 0.338 e. The fraction of sp³-hybridized carbons (Fsp3) is 0.273. The largest absolute Gasteiger partial charge is 0.467 e. The topological polar surface area (TPSA) is 136 Å². The lowest BCUT2D eigenvalue weighted by molar-refractivity contribution is -0.139. The number of aryl methyl sites for hydroxylation is 1. The van der Waals surface area contributed by atoms with Crippen LogP contribution in [-0.2, 0) is 25.5 Å². The Morgan fingerprint density at radius 2 is 1.94 bits per heavy atom. The second-order valence-electron chi connectivity index (χ2n) is 7.16. The molecule has 0 aliphatic carbocycles. The quantitative estimate of drug-likeness (QED) is 0.587. The van der Waals surface area contributed by atoms with Crippen LogP contribution in [0.3, 0.4) is 0 Å². The lowest BCUT2D eigenvalue weighted by Gasteiger charge is -2.27. The number of fused-ring (bicyclic) bond motifs is 1. The van der Waals surface area contributed by atoms with Crippen molar-refractivity contribution in [3.63, 3.8) is 0 Å². The third-order valence-corrected chi connectivity index (χ3v) is 5.06. The summed E-state index contributed by atoms with van der Waals surface area (Å²) in [6, 6.07) is 6.62. The average Bonchev–Trinajstić information content (AvgIpc) is 3.31. The smallest absolute Gasteiger partial charge is 0.338 e. The highest BCUT2D eigenvalue weighted by Gasteiger charge is 2.35. The first-order chi connectivity index (χ1) is 15.5. The molecule has 0 spiro atoms. The molecule has 2 aromatic rings. The van der Waals surface area contributed by atoms with Crippen LogP contribution in [0.15, 0.2) is 52.3 Å². The van der Waals surface area contributed by atoms with Crippen molar-refractivity contribution in [2.24, 2.45) is 0 Å². The normalized spacial score (nSPS) is 17.6. The Balaban J connectivity index is 1.57. The maximum absolute atomic E-state index is 12.6. The van der Waals surface area contributed by atoms with Gasteiger partial charge in [-0.2, -0.15) is 0 Å². The molecule has 32 heavy (non-hydrogen) atoms. The zero-order valence-electron chi connectivity index (χ0n) is 17.2. The number of furan rings is 1. The first-order valence-electron chi connectivity index (χ1n) is 10.1. The van der Waals surface area contributed by atoms with Gasteiger partial charge >= 0.3 is 18.0 Å². The Hall–Kier alpha value is -4.08. The number of hydrogen-bond acceptors (Lipinski definition) is 7. The second-order valence-corrected chi connectivity index (χ2v) is 7.16. The number of benzene rings is 1. The number of amides is 3. The van der Waals surface area contributed by atoms with Crippen LogP contribution in [0, 0.1) is 0 Å². The van der Waals surface area contributed by atoms with E-state index in [-0.39, 0.29) is 30.4 Å². The molecule has 1 atom stereocenters. The average molecular weight is 439 g/mol. The Morgan fingerprint density at radius 3 is 2.69 bits per heavy atom. The van der Waals surface area contributed by atoms with Crippen molar-refractivity contribution in [2.75, 3.05) is 18.5 Å². The summed E-state index contributed by atoms with van der Waals surface area (Å²) in [6.07, 6.45) is 2.28. The molecule has 0 bridgehead atoms. The van der Waals surface area contributed by atoms with Crippen molar-refractivity contribution < 1.29 is 33.1 Å². The van der Waals surface area contributed by atoms with E-state index in [0.717, 1.165) is 5.56 Å². The standard InChI is InChI=1S/C22H21N3O7/c1-2-30-21(28)18-15(24-22(29)25-19(18)16-4-3-9-31-16)11-32-20(27)13-5-7-14-12(10-13)6-8-17(26)23-14/h3-5,7,9-10,19H,2,6,8,11H2,1H3,(H,23,26)(H2,24,25,29). The predicted octanol–water partition coefficient (Wildman–Crippen LogP) is 2.19. The number of ether oxygens (including phenoxy) is 2. The van der Waals surface area contributed by atoms with Crippen LogP contribution in [0.5, 0.6) is 0 Å². The Labute approximate surface area is 182 Å². The highest BCUT2D eigenvalue weighted by Crippen LogP contribution is 2.29. The minimum atomic E-state index is -0.890. The van der Waals surface area contributed by atoms with Crippen molar-refractivity contribution in [3.8, 4) is 0 Å². The Bertz CT molecular complexity index is 1100. The van der Waals surface area contributed by atoms with Gasteiger partial charge in [-0.3, -0.25) is 4.79 Å². The zero-order valence-corrected chi connectivity index (χ0v) is 17.2. The molecule has 2 aliphatic heterocycles. The molecule has 4 rings (SSSR count). The summed E-state index contributed by atoms with van der Waals surface area (Å²) >= 11 is 0. The molecule has 10 nitrogen and oxygen atoms in total. The number of carbonyl (C=O) groups is 4. The summed E-state index contributed by atoms with van der Waals surface area (Å²) in [4.78, 5) is 49.0. The maximum atomic E-state index is 12.6. The molecule has 3 N–H and O–H groups in total. The zero-order chi connectivity index (χ0) is 22.7. The summed E-state index contributed by atoms with van der Waals surface area (Å²) in [5.41, 5.74) is 1.98. The summed E-state index contributed by atoms with van der Waals surface area (Å²) in [7, 11) is 0. The van der Waals surface area contributed by atoms with Gasteiger partial charge in [-0.1, -0.05) is 0 Å². The monoisotopic (exact) mass is 439 g/mol. The molecule has 0 fully saturated rings. The molecule has 0 radical (unpaired) electrons. The summed E-state index contributed by atoms with van der Waals surface area (Å²) in [5.74, 6) is -1.04. The molecule has 3 heterocycles. The number of rotatable bonds is 6. The van der Waals surface area contributed by atoms with Crippen LogP contribution in [0.25, 0.3) is 0 Å². The van der Waals surface area contributed by atoms with E-state index in [1.54, 1.807) is 37.3 Å². The van der Waals surface area contributed by atoms with Crippen LogP contribution in [-0.4, -0.2) is 37.1 Å². The van der Waals surface area contributed by atoms with E-state index in [0.29, 0.717) is 29.9 Å². The van der Waals surface area contributed by atoms with Gasteiger partial charge < -0.3 is 29.8 Å². The van der Waals surface area contributed by atoms with Crippen molar-refractivity contribution >= 4 is 29.6 Å². The molecule has 2 aliphatic rings. The van der Waals surface area contributed by atoms with E-state index in [4.69, 9.17) is 13.9 Å². The van der Waals surface area contributed by atoms with Crippen molar-refractivity contribution in [1.29, 1.82) is 0 Å². The van der Waals surface area contributed by atoms with E-state index in [2.05, 4.69) is 16.0 Å². The first kappa shape index (κ1) is 21.2.